The van der Waals surface area contributed by atoms with E-state index in [-0.39, 0.29) is 41.2 Å². The van der Waals surface area contributed by atoms with Crippen molar-refractivity contribution in [1.29, 1.82) is 0 Å². The summed E-state index contributed by atoms with van der Waals surface area (Å²) in [5.74, 6) is -0.708. The van der Waals surface area contributed by atoms with Crippen molar-refractivity contribution in [3.63, 3.8) is 0 Å². The Hall–Kier alpha value is -2.09. The number of amides is 3. The maximum Gasteiger partial charge on any atom is 0.289 e. The molecule has 0 aliphatic carbocycles. The van der Waals surface area contributed by atoms with Gasteiger partial charge < -0.3 is 10.2 Å². The van der Waals surface area contributed by atoms with Crippen molar-refractivity contribution in [3.8, 4) is 0 Å². The molecular weight excluding hydrogens is 333 g/mol. The van der Waals surface area contributed by atoms with E-state index in [2.05, 4.69) is 5.32 Å². The fraction of sp³-hybridized carbons (Fsp3) is 0.438. The average Bonchev–Trinajstić information content (AvgIpc) is 2.89. The van der Waals surface area contributed by atoms with Crippen molar-refractivity contribution in [2.24, 2.45) is 0 Å². The van der Waals surface area contributed by atoms with Gasteiger partial charge in [-0.15, -0.1) is 0 Å². The van der Waals surface area contributed by atoms with Crippen LogP contribution in [0.2, 0.25) is 0 Å². The Morgan fingerprint density at radius 1 is 1.29 bits per heavy atom. The number of rotatable bonds is 4. The van der Waals surface area contributed by atoms with Gasteiger partial charge in [0, 0.05) is 24.8 Å². The van der Waals surface area contributed by atoms with Crippen LogP contribution >= 0.6 is 11.8 Å². The first kappa shape index (κ1) is 16.8. The van der Waals surface area contributed by atoms with Gasteiger partial charge in [-0.3, -0.25) is 19.3 Å². The molecule has 0 radical (unpaired) electrons. The molecule has 2 heterocycles. The normalized spacial score (nSPS) is 21.3. The summed E-state index contributed by atoms with van der Waals surface area (Å²) in [6, 6.07) is 6.16. The summed E-state index contributed by atoms with van der Waals surface area (Å²) in [7, 11) is 0. The number of piperidine rings is 1. The molecule has 6 nitrogen and oxygen atoms in total. The van der Waals surface area contributed by atoms with Crippen molar-refractivity contribution in [2.45, 2.75) is 18.9 Å². The molecule has 0 unspecified atom stereocenters. The second-order valence-corrected chi connectivity index (χ2v) is 6.79. The molecule has 0 aromatic heterocycles. The van der Waals surface area contributed by atoms with E-state index in [0.717, 1.165) is 35.2 Å². The molecule has 2 aliphatic heterocycles. The van der Waals surface area contributed by atoms with Crippen LogP contribution in [0.15, 0.2) is 24.3 Å². The van der Waals surface area contributed by atoms with Gasteiger partial charge in [0.15, 0.2) is 0 Å². The van der Waals surface area contributed by atoms with E-state index in [1.807, 2.05) is 0 Å². The summed E-state index contributed by atoms with van der Waals surface area (Å²) in [6.45, 7) is 0.928. The standard InChI is InChI=1S/C16H18FN3O3S/c17-11-3-5-12(6-4-11)18-13-2-1-7-19(8-13)14(21)9-20-15(22)10-24-16(20)23/h3-6,13,18H,1-2,7-10H2/t13-/m1/s1. The molecular formula is C16H18FN3O3S. The van der Waals surface area contributed by atoms with E-state index in [1.165, 1.54) is 12.1 Å². The summed E-state index contributed by atoms with van der Waals surface area (Å²) >= 11 is 0.929. The second-order valence-electron chi connectivity index (χ2n) is 5.86. The Morgan fingerprint density at radius 2 is 2.04 bits per heavy atom. The number of imide groups is 1. The zero-order valence-corrected chi connectivity index (χ0v) is 13.9. The zero-order valence-electron chi connectivity index (χ0n) is 13.0. The molecule has 2 aliphatic rings. The summed E-state index contributed by atoms with van der Waals surface area (Å²) in [5.41, 5.74) is 0.803. The highest BCUT2D eigenvalue weighted by Crippen LogP contribution is 2.20. The van der Waals surface area contributed by atoms with Crippen LogP contribution in [-0.2, 0) is 9.59 Å². The Kier molecular flexibility index (Phi) is 5.03. The smallest absolute Gasteiger partial charge is 0.289 e. The fourth-order valence-corrected chi connectivity index (χ4v) is 3.60. The number of anilines is 1. The van der Waals surface area contributed by atoms with E-state index in [4.69, 9.17) is 0 Å². The lowest BCUT2D eigenvalue weighted by molar-refractivity contribution is -0.137. The SMILES string of the molecule is O=C(CN1C(=O)CSC1=O)N1CCC[C@@H](Nc2ccc(F)cc2)C1. The molecule has 1 aromatic rings. The molecule has 1 N–H and O–H groups in total. The highest BCUT2D eigenvalue weighted by molar-refractivity contribution is 8.14. The molecule has 0 saturated carbocycles. The lowest BCUT2D eigenvalue weighted by Gasteiger charge is -2.34. The van der Waals surface area contributed by atoms with Crippen LogP contribution in [0.25, 0.3) is 0 Å². The van der Waals surface area contributed by atoms with Crippen LogP contribution in [0.3, 0.4) is 0 Å². The first-order valence-electron chi connectivity index (χ1n) is 7.80. The van der Waals surface area contributed by atoms with Crippen LogP contribution < -0.4 is 5.32 Å². The lowest BCUT2D eigenvalue weighted by atomic mass is 10.1. The predicted octanol–water partition coefficient (Wildman–Crippen LogP) is 1.92. The van der Waals surface area contributed by atoms with Gasteiger partial charge in [0.1, 0.15) is 12.4 Å². The van der Waals surface area contributed by atoms with E-state index in [1.54, 1.807) is 17.0 Å². The number of likely N-dealkylation sites (tertiary alicyclic amines) is 1. The van der Waals surface area contributed by atoms with Gasteiger partial charge in [-0.2, -0.15) is 0 Å². The van der Waals surface area contributed by atoms with Gasteiger partial charge in [-0.25, -0.2) is 4.39 Å². The lowest BCUT2D eigenvalue weighted by Crippen LogP contribution is -2.49. The van der Waals surface area contributed by atoms with Crippen molar-refractivity contribution in [1.82, 2.24) is 9.80 Å². The number of nitrogens with zero attached hydrogens (tertiary/aromatic N) is 2. The minimum atomic E-state index is -0.355. The van der Waals surface area contributed by atoms with Crippen molar-refractivity contribution in [3.05, 3.63) is 30.1 Å². The number of hydrogen-bond acceptors (Lipinski definition) is 5. The number of nitrogens with one attached hydrogen (secondary N) is 1. The van der Waals surface area contributed by atoms with Gasteiger partial charge in [-0.05, 0) is 37.1 Å². The van der Waals surface area contributed by atoms with Gasteiger partial charge in [-0.1, -0.05) is 11.8 Å². The van der Waals surface area contributed by atoms with Gasteiger partial charge in [0.25, 0.3) is 5.24 Å². The highest BCUT2D eigenvalue weighted by Gasteiger charge is 2.33. The number of halogens is 1. The quantitative estimate of drug-likeness (QED) is 0.898. The third-order valence-corrected chi connectivity index (χ3v) is 4.98. The molecule has 3 rings (SSSR count). The fourth-order valence-electron chi connectivity index (χ4n) is 2.87. The van der Waals surface area contributed by atoms with Crippen molar-refractivity contribution >= 4 is 34.5 Å². The molecule has 24 heavy (non-hydrogen) atoms. The summed E-state index contributed by atoms with van der Waals surface area (Å²) < 4.78 is 12.9. The second kappa shape index (κ2) is 7.21. The van der Waals surface area contributed by atoms with E-state index >= 15 is 0 Å². The maximum absolute atomic E-state index is 12.9. The van der Waals surface area contributed by atoms with E-state index in [9.17, 15) is 18.8 Å². The summed E-state index contributed by atoms with van der Waals surface area (Å²) in [6.07, 6.45) is 1.74. The van der Waals surface area contributed by atoms with Crippen LogP contribution in [0.5, 0.6) is 0 Å². The highest BCUT2D eigenvalue weighted by atomic mass is 32.2. The Labute approximate surface area is 143 Å². The van der Waals surface area contributed by atoms with Gasteiger partial charge in [0.05, 0.1) is 5.75 Å². The number of carbonyl (C=O) groups excluding carboxylic acids is 3. The monoisotopic (exact) mass is 351 g/mol. The maximum atomic E-state index is 12.9. The number of thioether (sulfide) groups is 1. The third-order valence-electron chi connectivity index (χ3n) is 4.12. The molecule has 128 valence electrons. The van der Waals surface area contributed by atoms with E-state index < -0.39 is 0 Å². The minimum absolute atomic E-state index is 0.0625. The van der Waals surface area contributed by atoms with Crippen LogP contribution in [-0.4, -0.2) is 58.3 Å². The summed E-state index contributed by atoms with van der Waals surface area (Å²) in [4.78, 5) is 38.3. The molecule has 3 amide bonds. The van der Waals surface area contributed by atoms with Crippen molar-refractivity contribution in [2.75, 3.05) is 30.7 Å². The van der Waals surface area contributed by atoms with Crippen LogP contribution in [0.4, 0.5) is 14.9 Å². The first-order chi connectivity index (χ1) is 11.5. The Bertz CT molecular complexity index is 636. The van der Waals surface area contributed by atoms with Gasteiger partial charge in [0.2, 0.25) is 11.8 Å². The molecule has 2 fully saturated rings. The largest absolute Gasteiger partial charge is 0.381 e. The zero-order chi connectivity index (χ0) is 17.1. The molecule has 0 bridgehead atoms. The number of benzene rings is 1. The predicted molar refractivity (Wildman–Crippen MR) is 89.2 cm³/mol. The van der Waals surface area contributed by atoms with Crippen molar-refractivity contribution < 1.29 is 18.8 Å². The van der Waals surface area contributed by atoms with Crippen LogP contribution in [0.1, 0.15) is 12.8 Å². The minimum Gasteiger partial charge on any atom is -0.381 e. The first-order valence-corrected chi connectivity index (χ1v) is 8.78. The summed E-state index contributed by atoms with van der Waals surface area (Å²) in [5, 5.41) is 2.94. The molecule has 1 aromatic carbocycles. The number of hydrogen-bond donors (Lipinski definition) is 1. The molecule has 1 atom stereocenters. The third kappa shape index (κ3) is 3.87. The topological polar surface area (TPSA) is 69.7 Å². The molecule has 2 saturated heterocycles. The molecule has 0 spiro atoms. The Morgan fingerprint density at radius 3 is 2.71 bits per heavy atom. The Balaban J connectivity index is 1.56. The van der Waals surface area contributed by atoms with Crippen LogP contribution in [0, 0.1) is 5.82 Å². The number of carbonyl (C=O) groups is 3. The average molecular weight is 351 g/mol. The molecule has 8 heteroatoms. The van der Waals surface area contributed by atoms with E-state index in [0.29, 0.717) is 13.1 Å². The van der Waals surface area contributed by atoms with Gasteiger partial charge >= 0.3 is 0 Å².